The predicted octanol–water partition coefficient (Wildman–Crippen LogP) is 3.27. The number of halogens is 2. The maximum absolute atomic E-state index is 6.16. The van der Waals surface area contributed by atoms with Gasteiger partial charge in [-0.15, -0.1) is 0 Å². The maximum Gasteiger partial charge on any atom is 0.122 e. The number of rotatable bonds is 6. The molecule has 0 bridgehead atoms. The molecule has 0 aromatic carbocycles. The molecule has 1 aromatic rings. The molecule has 1 aliphatic carbocycles. The lowest BCUT2D eigenvalue weighted by Gasteiger charge is -2.10. The van der Waals surface area contributed by atoms with Crippen LogP contribution in [0.15, 0.2) is 17.4 Å². The smallest absolute Gasteiger partial charge is 0.122 e. The fourth-order valence-corrected chi connectivity index (χ4v) is 1.97. The number of hydrogen-bond acceptors (Lipinski definition) is 4. The van der Waals surface area contributed by atoms with E-state index in [4.69, 9.17) is 28.0 Å². The van der Waals surface area contributed by atoms with Crippen LogP contribution in [0.4, 0.5) is 0 Å². The summed E-state index contributed by atoms with van der Waals surface area (Å²) >= 11 is 12.0. The number of hydrogen-bond donors (Lipinski definition) is 1. The lowest BCUT2D eigenvalue weighted by atomic mass is 10.2. The highest BCUT2D eigenvalue weighted by molar-refractivity contribution is 6.36. The quantitative estimate of drug-likeness (QED) is 0.648. The Morgan fingerprint density at radius 2 is 2.26 bits per heavy atom. The van der Waals surface area contributed by atoms with Crippen LogP contribution in [0.5, 0.6) is 0 Å². The molecule has 1 N–H and O–H groups in total. The zero-order valence-electron chi connectivity index (χ0n) is 11.0. The van der Waals surface area contributed by atoms with Crippen LogP contribution in [-0.2, 0) is 4.84 Å². The van der Waals surface area contributed by atoms with Crippen molar-refractivity contribution in [1.82, 2.24) is 10.3 Å². The third-order valence-electron chi connectivity index (χ3n) is 2.59. The van der Waals surface area contributed by atoms with Gasteiger partial charge in [-0.2, -0.15) is 0 Å². The highest BCUT2D eigenvalue weighted by atomic mass is 35.5. The number of pyridine rings is 1. The minimum absolute atomic E-state index is 0.0157. The molecular formula is C13H17Cl2N3O. The predicted molar refractivity (Wildman–Crippen MR) is 78.0 cm³/mol. The van der Waals surface area contributed by atoms with Crippen LogP contribution in [-0.4, -0.2) is 29.4 Å². The summed E-state index contributed by atoms with van der Waals surface area (Å²) in [7, 11) is 0. The Morgan fingerprint density at radius 3 is 2.84 bits per heavy atom. The first-order valence-corrected chi connectivity index (χ1v) is 7.09. The second-order valence-electron chi connectivity index (χ2n) is 4.83. The number of aromatic nitrogens is 1. The molecule has 19 heavy (non-hydrogen) atoms. The monoisotopic (exact) mass is 301 g/mol. The van der Waals surface area contributed by atoms with Gasteiger partial charge < -0.3 is 10.2 Å². The molecule has 0 radical (unpaired) electrons. The Hall–Kier alpha value is -0.840. The van der Waals surface area contributed by atoms with E-state index in [0.29, 0.717) is 34.0 Å². The standard InChI is InChI=1S/C13H17Cl2N3O/c1-8(2)19-18-12(7-16-10-3-4-10)13-11(15)5-9(14)6-17-13/h5-6,8,10,16H,3-4,7H2,1-2H3. The van der Waals surface area contributed by atoms with Crippen molar-refractivity contribution in [2.75, 3.05) is 6.54 Å². The van der Waals surface area contributed by atoms with Crippen LogP contribution in [0, 0.1) is 0 Å². The van der Waals surface area contributed by atoms with Crippen LogP contribution in [0.2, 0.25) is 10.0 Å². The van der Waals surface area contributed by atoms with E-state index >= 15 is 0 Å². The fourth-order valence-electron chi connectivity index (χ4n) is 1.48. The fraction of sp³-hybridized carbons (Fsp3) is 0.538. The molecule has 1 saturated carbocycles. The van der Waals surface area contributed by atoms with Crippen LogP contribution >= 0.6 is 23.2 Å². The molecule has 1 aliphatic rings. The van der Waals surface area contributed by atoms with Crippen molar-refractivity contribution in [1.29, 1.82) is 0 Å². The number of nitrogens with one attached hydrogen (secondary N) is 1. The molecule has 104 valence electrons. The van der Waals surface area contributed by atoms with Crippen molar-refractivity contribution < 1.29 is 4.84 Å². The molecule has 0 saturated heterocycles. The normalized spacial score (nSPS) is 15.9. The van der Waals surface area contributed by atoms with Gasteiger partial charge >= 0.3 is 0 Å². The van der Waals surface area contributed by atoms with Gasteiger partial charge in [0.1, 0.15) is 17.5 Å². The molecule has 6 heteroatoms. The SMILES string of the molecule is CC(C)ON=C(CNC1CC1)c1ncc(Cl)cc1Cl. The zero-order valence-corrected chi connectivity index (χ0v) is 12.5. The summed E-state index contributed by atoms with van der Waals surface area (Å²) in [4.78, 5) is 9.55. The summed E-state index contributed by atoms with van der Waals surface area (Å²) in [6, 6.07) is 2.24. The van der Waals surface area contributed by atoms with E-state index < -0.39 is 0 Å². The van der Waals surface area contributed by atoms with Gasteiger partial charge in [-0.05, 0) is 32.8 Å². The topological polar surface area (TPSA) is 46.5 Å². The summed E-state index contributed by atoms with van der Waals surface area (Å²) in [5, 5.41) is 8.52. The lowest BCUT2D eigenvalue weighted by Crippen LogP contribution is -2.27. The summed E-state index contributed by atoms with van der Waals surface area (Å²) in [6.45, 7) is 4.43. The van der Waals surface area contributed by atoms with Gasteiger partial charge in [0.25, 0.3) is 0 Å². The molecule has 0 unspecified atom stereocenters. The van der Waals surface area contributed by atoms with Crippen molar-refractivity contribution >= 4 is 28.9 Å². The van der Waals surface area contributed by atoms with Crippen molar-refractivity contribution in [3.8, 4) is 0 Å². The van der Waals surface area contributed by atoms with Crippen molar-refractivity contribution in [3.63, 3.8) is 0 Å². The van der Waals surface area contributed by atoms with Gasteiger partial charge in [0.15, 0.2) is 0 Å². The Morgan fingerprint density at radius 1 is 1.53 bits per heavy atom. The van der Waals surface area contributed by atoms with Crippen molar-refractivity contribution in [2.45, 2.75) is 38.8 Å². The van der Waals surface area contributed by atoms with Crippen molar-refractivity contribution in [2.24, 2.45) is 5.16 Å². The highest BCUT2D eigenvalue weighted by Gasteiger charge is 2.22. The second-order valence-corrected chi connectivity index (χ2v) is 5.67. The summed E-state index contributed by atoms with van der Waals surface area (Å²) < 4.78 is 0. The van der Waals surface area contributed by atoms with E-state index in [-0.39, 0.29) is 6.10 Å². The average molecular weight is 302 g/mol. The van der Waals surface area contributed by atoms with Gasteiger partial charge in [-0.25, -0.2) is 0 Å². The van der Waals surface area contributed by atoms with E-state index in [2.05, 4.69) is 15.5 Å². The first kappa shape index (κ1) is 14.6. The third-order valence-corrected chi connectivity index (χ3v) is 3.09. The van der Waals surface area contributed by atoms with Gasteiger partial charge in [0.2, 0.25) is 0 Å². The molecule has 4 nitrogen and oxygen atoms in total. The third kappa shape index (κ3) is 4.64. The zero-order chi connectivity index (χ0) is 13.8. The number of oxime groups is 1. The second kappa shape index (κ2) is 6.55. The molecule has 0 aliphatic heterocycles. The summed E-state index contributed by atoms with van der Waals surface area (Å²) in [6.07, 6.45) is 3.99. The van der Waals surface area contributed by atoms with Crippen LogP contribution in [0.3, 0.4) is 0 Å². The van der Waals surface area contributed by atoms with Crippen LogP contribution < -0.4 is 5.32 Å². The molecular weight excluding hydrogens is 285 g/mol. The number of nitrogens with zero attached hydrogens (tertiary/aromatic N) is 2. The minimum Gasteiger partial charge on any atom is -0.393 e. The first-order valence-electron chi connectivity index (χ1n) is 6.33. The molecule has 1 heterocycles. The lowest BCUT2D eigenvalue weighted by molar-refractivity contribution is 0.0857. The van der Waals surface area contributed by atoms with Gasteiger partial charge in [-0.3, -0.25) is 4.98 Å². The summed E-state index contributed by atoms with van der Waals surface area (Å²) in [5.41, 5.74) is 1.31. The molecule has 1 aromatic heterocycles. The Labute approximate surface area is 123 Å². The largest absolute Gasteiger partial charge is 0.393 e. The van der Waals surface area contributed by atoms with E-state index in [0.717, 1.165) is 0 Å². The van der Waals surface area contributed by atoms with Crippen LogP contribution in [0.1, 0.15) is 32.4 Å². The summed E-state index contributed by atoms with van der Waals surface area (Å²) in [5.74, 6) is 0. The molecule has 0 spiro atoms. The Kier molecular flexibility index (Phi) is 5.02. The molecule has 2 rings (SSSR count). The van der Waals surface area contributed by atoms with E-state index in [9.17, 15) is 0 Å². The molecule has 0 amide bonds. The maximum atomic E-state index is 6.16. The Balaban J connectivity index is 2.16. The van der Waals surface area contributed by atoms with Gasteiger partial charge in [0.05, 0.1) is 10.0 Å². The molecule has 0 atom stereocenters. The van der Waals surface area contributed by atoms with Gasteiger partial charge in [0, 0.05) is 18.8 Å². The highest BCUT2D eigenvalue weighted by Crippen LogP contribution is 2.21. The first-order chi connectivity index (χ1) is 9.06. The average Bonchev–Trinajstić information content (AvgIpc) is 3.14. The van der Waals surface area contributed by atoms with Crippen molar-refractivity contribution in [3.05, 3.63) is 28.0 Å². The van der Waals surface area contributed by atoms with E-state index in [1.54, 1.807) is 12.3 Å². The Bertz CT molecular complexity index is 473. The van der Waals surface area contributed by atoms with Gasteiger partial charge in [-0.1, -0.05) is 28.4 Å². The molecule has 1 fully saturated rings. The minimum atomic E-state index is 0.0157. The van der Waals surface area contributed by atoms with E-state index in [1.165, 1.54) is 12.8 Å². The van der Waals surface area contributed by atoms with E-state index in [1.807, 2.05) is 13.8 Å². The van der Waals surface area contributed by atoms with Crippen LogP contribution in [0.25, 0.3) is 0 Å².